The first-order chi connectivity index (χ1) is 5.88. The summed E-state index contributed by atoms with van der Waals surface area (Å²) in [6.45, 7) is 8.07. The Hall–Kier alpha value is -0.120. The van der Waals surface area contributed by atoms with Crippen LogP contribution in [0.15, 0.2) is 0 Å². The molecule has 0 aromatic carbocycles. The fourth-order valence-electron chi connectivity index (χ4n) is 0.992. The first kappa shape index (κ1) is 12.9. The highest BCUT2D eigenvalue weighted by Gasteiger charge is 2.19. The van der Waals surface area contributed by atoms with Crippen molar-refractivity contribution < 1.29 is 5.11 Å². The van der Waals surface area contributed by atoms with E-state index >= 15 is 0 Å². The second kappa shape index (κ2) is 5.58. The molecule has 13 heavy (non-hydrogen) atoms. The Labute approximate surface area is 82.1 Å². The number of rotatable bonds is 5. The maximum absolute atomic E-state index is 9.63. The molecule has 2 N–H and O–H groups in total. The molecule has 3 heteroatoms. The SMILES string of the molecule is CNCCC(O)CN(C)C(C)(C)C. The van der Waals surface area contributed by atoms with Crippen LogP contribution in [0.1, 0.15) is 27.2 Å². The van der Waals surface area contributed by atoms with E-state index in [0.717, 1.165) is 19.5 Å². The number of aliphatic hydroxyl groups is 1. The van der Waals surface area contributed by atoms with Crippen molar-refractivity contribution in [1.82, 2.24) is 10.2 Å². The van der Waals surface area contributed by atoms with E-state index in [1.165, 1.54) is 0 Å². The van der Waals surface area contributed by atoms with Crippen LogP contribution >= 0.6 is 0 Å². The zero-order valence-corrected chi connectivity index (χ0v) is 9.59. The topological polar surface area (TPSA) is 35.5 Å². The molecule has 0 aliphatic rings. The lowest BCUT2D eigenvalue weighted by atomic mass is 10.1. The minimum absolute atomic E-state index is 0.140. The van der Waals surface area contributed by atoms with Crippen LogP contribution < -0.4 is 5.32 Å². The van der Waals surface area contributed by atoms with Crippen molar-refractivity contribution in [2.75, 3.05) is 27.2 Å². The molecule has 0 saturated heterocycles. The van der Waals surface area contributed by atoms with Crippen LogP contribution in [0.25, 0.3) is 0 Å². The molecule has 0 aromatic rings. The largest absolute Gasteiger partial charge is 0.392 e. The summed E-state index contributed by atoms with van der Waals surface area (Å²) < 4.78 is 0. The second-order valence-corrected chi connectivity index (χ2v) is 4.60. The lowest BCUT2D eigenvalue weighted by Crippen LogP contribution is -2.43. The average molecular weight is 188 g/mol. The molecule has 80 valence electrons. The van der Waals surface area contributed by atoms with Gasteiger partial charge in [-0.2, -0.15) is 0 Å². The zero-order valence-electron chi connectivity index (χ0n) is 9.59. The van der Waals surface area contributed by atoms with Crippen molar-refractivity contribution >= 4 is 0 Å². The molecule has 0 aliphatic heterocycles. The average Bonchev–Trinajstić information content (AvgIpc) is 1.99. The quantitative estimate of drug-likeness (QED) is 0.666. The minimum atomic E-state index is -0.225. The van der Waals surface area contributed by atoms with Gasteiger partial charge in [-0.25, -0.2) is 0 Å². The third-order valence-electron chi connectivity index (χ3n) is 2.36. The monoisotopic (exact) mass is 188 g/mol. The third kappa shape index (κ3) is 6.02. The molecule has 0 spiro atoms. The Bertz CT molecular complexity index is 131. The molecular formula is C10H24N2O. The van der Waals surface area contributed by atoms with Gasteiger partial charge in [-0.05, 0) is 47.8 Å². The van der Waals surface area contributed by atoms with Gasteiger partial charge in [0.2, 0.25) is 0 Å². The van der Waals surface area contributed by atoms with Crippen LogP contribution in [0.2, 0.25) is 0 Å². The van der Waals surface area contributed by atoms with Gasteiger partial charge in [0.05, 0.1) is 6.10 Å². The third-order valence-corrected chi connectivity index (χ3v) is 2.36. The van der Waals surface area contributed by atoms with Gasteiger partial charge in [0.1, 0.15) is 0 Å². The molecule has 0 aliphatic carbocycles. The van der Waals surface area contributed by atoms with Crippen LogP contribution in [-0.4, -0.2) is 48.8 Å². The maximum atomic E-state index is 9.63. The summed E-state index contributed by atoms with van der Waals surface area (Å²) in [5.74, 6) is 0. The van der Waals surface area contributed by atoms with Gasteiger partial charge in [-0.15, -0.1) is 0 Å². The van der Waals surface area contributed by atoms with E-state index in [1.54, 1.807) is 0 Å². The smallest absolute Gasteiger partial charge is 0.0679 e. The molecular weight excluding hydrogens is 164 g/mol. The predicted molar refractivity (Wildman–Crippen MR) is 56.9 cm³/mol. The molecule has 1 unspecified atom stereocenters. The summed E-state index contributed by atoms with van der Waals surface area (Å²) >= 11 is 0. The number of hydrogen-bond acceptors (Lipinski definition) is 3. The number of aliphatic hydroxyl groups excluding tert-OH is 1. The summed E-state index contributed by atoms with van der Waals surface area (Å²) in [7, 11) is 3.95. The molecule has 0 bridgehead atoms. The highest BCUT2D eigenvalue weighted by atomic mass is 16.3. The second-order valence-electron chi connectivity index (χ2n) is 4.60. The van der Waals surface area contributed by atoms with Crippen LogP contribution in [0.4, 0.5) is 0 Å². The maximum Gasteiger partial charge on any atom is 0.0679 e. The lowest BCUT2D eigenvalue weighted by Gasteiger charge is -2.33. The summed E-state index contributed by atoms with van der Waals surface area (Å²) in [5, 5.41) is 12.7. The summed E-state index contributed by atoms with van der Waals surface area (Å²) in [4.78, 5) is 2.17. The van der Waals surface area contributed by atoms with Gasteiger partial charge in [-0.1, -0.05) is 0 Å². The Morgan fingerprint density at radius 1 is 1.38 bits per heavy atom. The standard InChI is InChI=1S/C10H24N2O/c1-10(2,3)12(5)8-9(13)6-7-11-4/h9,11,13H,6-8H2,1-5H3. The Balaban J connectivity index is 3.71. The summed E-state index contributed by atoms with van der Waals surface area (Å²) in [6, 6.07) is 0. The van der Waals surface area contributed by atoms with Crippen LogP contribution in [-0.2, 0) is 0 Å². The van der Waals surface area contributed by atoms with Crippen molar-refractivity contribution in [2.45, 2.75) is 38.8 Å². The van der Waals surface area contributed by atoms with Crippen LogP contribution in [0.3, 0.4) is 0 Å². The molecule has 0 heterocycles. The molecule has 0 rings (SSSR count). The Kier molecular flexibility index (Phi) is 5.53. The van der Waals surface area contributed by atoms with Crippen molar-refractivity contribution in [3.05, 3.63) is 0 Å². The molecule has 3 nitrogen and oxygen atoms in total. The van der Waals surface area contributed by atoms with Crippen LogP contribution in [0.5, 0.6) is 0 Å². The first-order valence-corrected chi connectivity index (χ1v) is 4.92. The van der Waals surface area contributed by atoms with E-state index < -0.39 is 0 Å². The van der Waals surface area contributed by atoms with Gasteiger partial charge in [0.15, 0.2) is 0 Å². The molecule has 0 aromatic heterocycles. The number of hydrogen-bond donors (Lipinski definition) is 2. The number of nitrogens with zero attached hydrogens (tertiary/aromatic N) is 1. The van der Waals surface area contributed by atoms with Crippen LogP contribution in [0, 0.1) is 0 Å². The number of β-amino-alcohol motifs (C(OH)–C–C–N with tert-alkyl or cyclic N) is 1. The highest BCUT2D eigenvalue weighted by Crippen LogP contribution is 2.11. The van der Waals surface area contributed by atoms with Gasteiger partial charge >= 0.3 is 0 Å². The minimum Gasteiger partial charge on any atom is -0.392 e. The fraction of sp³-hybridized carbons (Fsp3) is 1.00. The van der Waals surface area contributed by atoms with E-state index in [0.29, 0.717) is 0 Å². The van der Waals surface area contributed by atoms with Crippen molar-refractivity contribution in [1.29, 1.82) is 0 Å². The number of nitrogens with one attached hydrogen (secondary N) is 1. The van der Waals surface area contributed by atoms with Crippen molar-refractivity contribution in [3.8, 4) is 0 Å². The summed E-state index contributed by atoms with van der Waals surface area (Å²) in [6.07, 6.45) is 0.591. The van der Waals surface area contributed by atoms with Gasteiger partial charge in [0.25, 0.3) is 0 Å². The Morgan fingerprint density at radius 2 is 1.92 bits per heavy atom. The van der Waals surface area contributed by atoms with E-state index in [9.17, 15) is 5.11 Å². The molecule has 0 amide bonds. The lowest BCUT2D eigenvalue weighted by molar-refractivity contribution is 0.0743. The van der Waals surface area contributed by atoms with Gasteiger partial charge in [-0.3, -0.25) is 4.90 Å². The van der Waals surface area contributed by atoms with E-state index in [-0.39, 0.29) is 11.6 Å². The van der Waals surface area contributed by atoms with E-state index in [4.69, 9.17) is 0 Å². The van der Waals surface area contributed by atoms with Crippen molar-refractivity contribution in [2.24, 2.45) is 0 Å². The zero-order chi connectivity index (χ0) is 10.5. The summed E-state index contributed by atoms with van der Waals surface area (Å²) in [5.41, 5.74) is 0.140. The van der Waals surface area contributed by atoms with Crippen molar-refractivity contribution in [3.63, 3.8) is 0 Å². The van der Waals surface area contributed by atoms with Gasteiger partial charge < -0.3 is 10.4 Å². The molecule has 0 fully saturated rings. The van der Waals surface area contributed by atoms with E-state index in [2.05, 4.69) is 31.0 Å². The number of likely N-dealkylation sites (N-methyl/N-ethyl adjacent to an activating group) is 1. The molecule has 0 saturated carbocycles. The normalized spacial score (nSPS) is 15.0. The molecule has 0 radical (unpaired) electrons. The highest BCUT2D eigenvalue weighted by molar-refractivity contribution is 4.75. The fourth-order valence-corrected chi connectivity index (χ4v) is 0.992. The van der Waals surface area contributed by atoms with E-state index in [1.807, 2.05) is 14.1 Å². The first-order valence-electron chi connectivity index (χ1n) is 4.92. The van der Waals surface area contributed by atoms with Gasteiger partial charge in [0, 0.05) is 12.1 Å². The predicted octanol–water partition coefficient (Wildman–Crippen LogP) is 0.687. The Morgan fingerprint density at radius 3 is 2.31 bits per heavy atom. The molecule has 1 atom stereocenters.